The van der Waals surface area contributed by atoms with Gasteiger partial charge in [-0.05, 0) is 42.8 Å². The fraction of sp³-hybridized carbons (Fsp3) is 0.350. The lowest BCUT2D eigenvalue weighted by atomic mass is 10.0. The molecule has 24 heavy (non-hydrogen) atoms. The lowest BCUT2D eigenvalue weighted by Gasteiger charge is -2.30. The second kappa shape index (κ2) is 7.60. The fourth-order valence-electron chi connectivity index (χ4n) is 2.98. The number of rotatable bonds is 4. The van der Waals surface area contributed by atoms with Gasteiger partial charge in [-0.3, -0.25) is 4.79 Å². The number of nitrogens with zero attached hydrogens (tertiary/aromatic N) is 1. The summed E-state index contributed by atoms with van der Waals surface area (Å²) in [7, 11) is 2.10. The van der Waals surface area contributed by atoms with E-state index in [0.717, 1.165) is 42.1 Å². The van der Waals surface area contributed by atoms with E-state index in [0.29, 0.717) is 6.42 Å². The molecule has 1 aliphatic rings. The Labute approximate surface area is 143 Å². The zero-order valence-corrected chi connectivity index (χ0v) is 14.3. The van der Waals surface area contributed by atoms with Crippen molar-refractivity contribution in [1.29, 1.82) is 0 Å². The Balaban J connectivity index is 1.66. The van der Waals surface area contributed by atoms with Gasteiger partial charge in [0.15, 0.2) is 0 Å². The molecule has 4 nitrogen and oxygen atoms in total. The molecule has 2 aromatic rings. The van der Waals surface area contributed by atoms with Crippen LogP contribution < -0.4 is 5.32 Å². The minimum atomic E-state index is 0.00290. The molecule has 0 radical (unpaired) electrons. The molecule has 1 aliphatic heterocycles. The molecule has 3 rings (SSSR count). The number of carbonyl (C=O) groups excluding carboxylic acids is 1. The number of aryl methyl sites for hydroxylation is 1. The first-order chi connectivity index (χ1) is 11.6. The Hall–Kier alpha value is -2.17. The van der Waals surface area contributed by atoms with Crippen molar-refractivity contribution in [1.82, 2.24) is 4.90 Å². The number of morpholine rings is 1. The lowest BCUT2D eigenvalue weighted by molar-refractivity contribution is -0.115. The van der Waals surface area contributed by atoms with Gasteiger partial charge in [-0.2, -0.15) is 0 Å². The second-order valence-electron chi connectivity index (χ2n) is 6.40. The SMILES string of the molecule is Cc1ccccc1CC(=O)Nc1cccc(C2CN(C)CCO2)c1. The number of ether oxygens (including phenoxy) is 1. The van der Waals surface area contributed by atoms with E-state index in [9.17, 15) is 4.79 Å². The molecule has 1 saturated heterocycles. The maximum atomic E-state index is 12.3. The molecule has 126 valence electrons. The zero-order chi connectivity index (χ0) is 16.9. The summed E-state index contributed by atoms with van der Waals surface area (Å²) in [5, 5.41) is 3.00. The molecule has 0 aromatic heterocycles. The lowest BCUT2D eigenvalue weighted by Crippen LogP contribution is -2.35. The summed E-state index contributed by atoms with van der Waals surface area (Å²) in [4.78, 5) is 14.6. The standard InChI is InChI=1S/C20H24N2O2/c1-15-6-3-4-7-16(15)13-20(23)21-18-9-5-8-17(12-18)19-14-22(2)10-11-24-19/h3-9,12,19H,10-11,13-14H2,1-2H3,(H,21,23). The Kier molecular flexibility index (Phi) is 5.28. The van der Waals surface area contributed by atoms with E-state index in [2.05, 4.69) is 23.3 Å². The average Bonchev–Trinajstić information content (AvgIpc) is 2.57. The highest BCUT2D eigenvalue weighted by atomic mass is 16.5. The number of hydrogen-bond donors (Lipinski definition) is 1. The largest absolute Gasteiger partial charge is 0.371 e. The van der Waals surface area contributed by atoms with Crippen LogP contribution in [-0.4, -0.2) is 37.6 Å². The summed E-state index contributed by atoms with van der Waals surface area (Å²) >= 11 is 0. The van der Waals surface area contributed by atoms with Crippen LogP contribution >= 0.6 is 0 Å². The summed E-state index contributed by atoms with van der Waals surface area (Å²) in [6.45, 7) is 4.61. The molecular weight excluding hydrogens is 300 g/mol. The van der Waals surface area contributed by atoms with Crippen molar-refractivity contribution in [3.63, 3.8) is 0 Å². The molecule has 1 N–H and O–H groups in total. The smallest absolute Gasteiger partial charge is 0.228 e. The number of amides is 1. The minimum absolute atomic E-state index is 0.00290. The van der Waals surface area contributed by atoms with Crippen molar-refractivity contribution in [2.24, 2.45) is 0 Å². The van der Waals surface area contributed by atoms with Crippen LogP contribution in [0.4, 0.5) is 5.69 Å². The van der Waals surface area contributed by atoms with E-state index < -0.39 is 0 Å². The maximum absolute atomic E-state index is 12.3. The van der Waals surface area contributed by atoms with Crippen molar-refractivity contribution in [3.8, 4) is 0 Å². The molecule has 0 aliphatic carbocycles. The van der Waals surface area contributed by atoms with Crippen LogP contribution in [-0.2, 0) is 16.0 Å². The average molecular weight is 324 g/mol. The first-order valence-electron chi connectivity index (χ1n) is 8.36. The van der Waals surface area contributed by atoms with Crippen LogP contribution in [0.2, 0.25) is 0 Å². The molecule has 1 heterocycles. The molecule has 0 spiro atoms. The number of hydrogen-bond acceptors (Lipinski definition) is 3. The second-order valence-corrected chi connectivity index (χ2v) is 6.40. The summed E-state index contributed by atoms with van der Waals surface area (Å²) in [6, 6.07) is 15.9. The van der Waals surface area contributed by atoms with Crippen LogP contribution in [0.25, 0.3) is 0 Å². The Morgan fingerprint density at radius 1 is 1.25 bits per heavy atom. The van der Waals surface area contributed by atoms with E-state index in [1.165, 1.54) is 0 Å². The Morgan fingerprint density at radius 2 is 2.08 bits per heavy atom. The number of nitrogens with one attached hydrogen (secondary N) is 1. The molecule has 1 atom stereocenters. The number of likely N-dealkylation sites (N-methyl/N-ethyl adjacent to an activating group) is 1. The quantitative estimate of drug-likeness (QED) is 0.939. The van der Waals surface area contributed by atoms with E-state index >= 15 is 0 Å². The number of benzene rings is 2. The summed E-state index contributed by atoms with van der Waals surface area (Å²) in [5.74, 6) is 0.00290. The van der Waals surface area contributed by atoms with Gasteiger partial charge in [-0.15, -0.1) is 0 Å². The third kappa shape index (κ3) is 4.22. The Morgan fingerprint density at radius 3 is 2.88 bits per heavy atom. The summed E-state index contributed by atoms with van der Waals surface area (Å²) in [5.41, 5.74) is 4.13. The van der Waals surface area contributed by atoms with Gasteiger partial charge in [0.05, 0.1) is 19.1 Å². The van der Waals surface area contributed by atoms with E-state index in [4.69, 9.17) is 4.74 Å². The van der Waals surface area contributed by atoms with Crippen LogP contribution in [0.15, 0.2) is 48.5 Å². The molecular formula is C20H24N2O2. The molecule has 4 heteroatoms. The van der Waals surface area contributed by atoms with E-state index in [1.54, 1.807) is 0 Å². The van der Waals surface area contributed by atoms with Gasteiger partial charge in [0, 0.05) is 18.8 Å². The van der Waals surface area contributed by atoms with Gasteiger partial charge in [-0.25, -0.2) is 0 Å². The highest BCUT2D eigenvalue weighted by Crippen LogP contribution is 2.24. The van der Waals surface area contributed by atoms with Crippen molar-refractivity contribution in [2.45, 2.75) is 19.4 Å². The topological polar surface area (TPSA) is 41.6 Å². The van der Waals surface area contributed by atoms with Gasteiger partial charge in [0.25, 0.3) is 0 Å². The predicted octanol–water partition coefficient (Wildman–Crippen LogP) is 3.18. The third-order valence-corrected chi connectivity index (χ3v) is 4.42. The maximum Gasteiger partial charge on any atom is 0.228 e. The van der Waals surface area contributed by atoms with Gasteiger partial charge in [0.1, 0.15) is 0 Å². The normalized spacial score (nSPS) is 18.3. The molecule has 2 aromatic carbocycles. The zero-order valence-electron chi connectivity index (χ0n) is 14.3. The van der Waals surface area contributed by atoms with E-state index in [1.807, 2.05) is 49.4 Å². The fourth-order valence-corrected chi connectivity index (χ4v) is 2.98. The minimum Gasteiger partial charge on any atom is -0.371 e. The summed E-state index contributed by atoms with van der Waals surface area (Å²) < 4.78 is 5.85. The van der Waals surface area contributed by atoms with Crippen LogP contribution in [0.5, 0.6) is 0 Å². The van der Waals surface area contributed by atoms with Crippen molar-refractivity contribution in [3.05, 3.63) is 65.2 Å². The van der Waals surface area contributed by atoms with Gasteiger partial charge in [0.2, 0.25) is 5.91 Å². The number of anilines is 1. The first kappa shape index (κ1) is 16.7. The van der Waals surface area contributed by atoms with Gasteiger partial charge >= 0.3 is 0 Å². The van der Waals surface area contributed by atoms with Crippen LogP contribution in [0.1, 0.15) is 22.8 Å². The highest BCUT2D eigenvalue weighted by molar-refractivity contribution is 5.92. The first-order valence-corrected chi connectivity index (χ1v) is 8.36. The molecule has 1 unspecified atom stereocenters. The summed E-state index contributed by atoms with van der Waals surface area (Å²) in [6.07, 6.45) is 0.455. The molecule has 0 saturated carbocycles. The molecule has 0 bridgehead atoms. The highest BCUT2D eigenvalue weighted by Gasteiger charge is 2.19. The van der Waals surface area contributed by atoms with Gasteiger partial charge in [-0.1, -0.05) is 36.4 Å². The molecule has 1 amide bonds. The van der Waals surface area contributed by atoms with Gasteiger partial charge < -0.3 is 15.0 Å². The predicted molar refractivity (Wildman–Crippen MR) is 96.1 cm³/mol. The van der Waals surface area contributed by atoms with Crippen LogP contribution in [0.3, 0.4) is 0 Å². The Bertz CT molecular complexity index is 714. The third-order valence-electron chi connectivity index (χ3n) is 4.42. The monoisotopic (exact) mass is 324 g/mol. The van der Waals surface area contributed by atoms with Crippen LogP contribution in [0, 0.1) is 6.92 Å². The molecule has 1 fully saturated rings. The van der Waals surface area contributed by atoms with E-state index in [-0.39, 0.29) is 12.0 Å². The van der Waals surface area contributed by atoms with Crippen molar-refractivity contribution < 1.29 is 9.53 Å². The number of carbonyl (C=O) groups is 1. The van der Waals surface area contributed by atoms with Crippen molar-refractivity contribution in [2.75, 3.05) is 32.1 Å². The van der Waals surface area contributed by atoms with Crippen molar-refractivity contribution >= 4 is 11.6 Å².